The van der Waals surface area contributed by atoms with Crippen LogP contribution in [0.3, 0.4) is 0 Å². The average molecular weight is 449 g/mol. The average Bonchev–Trinajstić information content (AvgIpc) is 3.36. The van der Waals surface area contributed by atoms with Crippen molar-refractivity contribution < 1.29 is 38.1 Å². The van der Waals surface area contributed by atoms with Crippen LogP contribution in [-0.4, -0.2) is 53.9 Å². The molecule has 1 aromatic heterocycles. The fourth-order valence-corrected chi connectivity index (χ4v) is 6.46. The van der Waals surface area contributed by atoms with Crippen LogP contribution in [-0.2, 0) is 35.0 Å². The van der Waals surface area contributed by atoms with Crippen molar-refractivity contribution in [3.8, 4) is 0 Å². The van der Waals surface area contributed by atoms with E-state index in [4.69, 9.17) is 18.6 Å². The molecule has 4 rings (SSSR count). The van der Waals surface area contributed by atoms with Crippen LogP contribution in [0.1, 0.15) is 52.5 Å². The van der Waals surface area contributed by atoms with Crippen LogP contribution in [0.15, 0.2) is 23.0 Å². The summed E-state index contributed by atoms with van der Waals surface area (Å²) >= 11 is 0. The quantitative estimate of drug-likeness (QED) is 0.521. The van der Waals surface area contributed by atoms with Crippen LogP contribution < -0.4 is 0 Å². The number of aliphatic hydroxyl groups excluding tert-OH is 1. The molecule has 32 heavy (non-hydrogen) atoms. The smallest absolute Gasteiger partial charge is 0.303 e. The van der Waals surface area contributed by atoms with E-state index in [9.17, 15) is 19.5 Å². The fraction of sp³-hybridized carbons (Fsp3) is 0.708. The molecule has 1 saturated heterocycles. The zero-order chi connectivity index (χ0) is 23.3. The second-order valence-corrected chi connectivity index (χ2v) is 9.89. The SMILES string of the molecule is CC(=O)OCC12C(=O)C(O)C(C)C(C)(CCc3ccoc3)C1CCC(OC(C)=O)C21CO1. The predicted molar refractivity (Wildman–Crippen MR) is 111 cm³/mol. The molecule has 0 amide bonds. The van der Waals surface area contributed by atoms with E-state index >= 15 is 0 Å². The Balaban J connectivity index is 1.79. The first kappa shape index (κ1) is 23.0. The summed E-state index contributed by atoms with van der Waals surface area (Å²) in [5.74, 6) is -1.87. The molecule has 0 aromatic carbocycles. The van der Waals surface area contributed by atoms with Gasteiger partial charge in [-0.15, -0.1) is 0 Å². The number of hydrogen-bond acceptors (Lipinski definition) is 8. The number of furan rings is 1. The van der Waals surface area contributed by atoms with Gasteiger partial charge in [-0.1, -0.05) is 13.8 Å². The summed E-state index contributed by atoms with van der Waals surface area (Å²) in [6.45, 7) is 6.65. The lowest BCUT2D eigenvalue weighted by Crippen LogP contribution is -2.72. The molecular formula is C24H32O8. The summed E-state index contributed by atoms with van der Waals surface area (Å²) in [6.07, 6.45) is 4.02. The van der Waals surface area contributed by atoms with E-state index in [1.54, 1.807) is 12.5 Å². The molecule has 2 heterocycles. The lowest BCUT2D eigenvalue weighted by Gasteiger charge is -2.61. The highest BCUT2D eigenvalue weighted by Crippen LogP contribution is 2.67. The molecule has 2 saturated carbocycles. The van der Waals surface area contributed by atoms with Gasteiger partial charge in [0.05, 0.1) is 19.1 Å². The van der Waals surface area contributed by atoms with Crippen LogP contribution in [0.4, 0.5) is 0 Å². The standard InChI is InChI=1S/C24H32O8/c1-14-20(27)21(28)23(12-30-15(2)25)18(22(14,4)9-7-17-8-10-29-11-17)5-6-19(32-16(3)26)24(23)13-31-24/h8,10-11,14,18-20,27H,5-7,9,12-13H2,1-4H3. The number of carbonyl (C=O) groups is 3. The second-order valence-electron chi connectivity index (χ2n) is 9.89. The summed E-state index contributed by atoms with van der Waals surface area (Å²) in [5, 5.41) is 11.2. The number of epoxide rings is 1. The zero-order valence-electron chi connectivity index (χ0n) is 19.1. The van der Waals surface area contributed by atoms with Crippen LogP contribution in [0.2, 0.25) is 0 Å². The minimum Gasteiger partial charge on any atom is -0.472 e. The van der Waals surface area contributed by atoms with E-state index in [-0.39, 0.29) is 30.8 Å². The van der Waals surface area contributed by atoms with Crippen molar-refractivity contribution in [2.45, 2.75) is 71.2 Å². The summed E-state index contributed by atoms with van der Waals surface area (Å²) < 4.78 is 22.2. The third-order valence-corrected chi connectivity index (χ3v) is 8.40. The number of ether oxygens (including phenoxy) is 3. The van der Waals surface area contributed by atoms with E-state index in [0.29, 0.717) is 19.3 Å². The predicted octanol–water partition coefficient (Wildman–Crippen LogP) is 2.46. The molecule has 8 nitrogen and oxygen atoms in total. The molecular weight excluding hydrogens is 416 g/mol. The summed E-state index contributed by atoms with van der Waals surface area (Å²) in [6, 6.07) is 1.91. The second kappa shape index (κ2) is 7.99. The number of esters is 2. The number of fused-ring (bicyclic) bond motifs is 2. The molecule has 3 aliphatic rings. The van der Waals surface area contributed by atoms with E-state index in [0.717, 1.165) is 12.0 Å². The van der Waals surface area contributed by atoms with E-state index < -0.39 is 40.6 Å². The Morgan fingerprint density at radius 1 is 1.25 bits per heavy atom. The highest BCUT2D eigenvalue weighted by molar-refractivity contribution is 5.93. The zero-order valence-corrected chi connectivity index (χ0v) is 19.1. The van der Waals surface area contributed by atoms with Crippen LogP contribution in [0.25, 0.3) is 0 Å². The first-order valence-corrected chi connectivity index (χ1v) is 11.3. The molecule has 0 radical (unpaired) electrons. The minimum absolute atomic E-state index is 0.200. The monoisotopic (exact) mass is 448 g/mol. The maximum atomic E-state index is 13.8. The lowest BCUT2D eigenvalue weighted by atomic mass is 9.42. The number of hydrogen-bond donors (Lipinski definition) is 1. The van der Waals surface area contributed by atoms with Gasteiger partial charge < -0.3 is 23.7 Å². The highest BCUT2D eigenvalue weighted by atomic mass is 16.6. The van der Waals surface area contributed by atoms with Crippen LogP contribution in [0.5, 0.6) is 0 Å². The van der Waals surface area contributed by atoms with Crippen LogP contribution in [0, 0.1) is 22.7 Å². The van der Waals surface area contributed by atoms with E-state index in [1.165, 1.54) is 13.8 Å². The maximum Gasteiger partial charge on any atom is 0.303 e. The molecule has 176 valence electrons. The van der Waals surface area contributed by atoms with Gasteiger partial charge in [0.15, 0.2) is 5.78 Å². The van der Waals surface area contributed by atoms with Crippen molar-refractivity contribution in [1.29, 1.82) is 0 Å². The Labute approximate surface area is 187 Å². The Bertz CT molecular complexity index is 888. The van der Waals surface area contributed by atoms with Gasteiger partial charge in [0.1, 0.15) is 29.8 Å². The molecule has 7 unspecified atom stereocenters. The normalized spacial score (nSPS) is 40.6. The van der Waals surface area contributed by atoms with E-state index in [1.807, 2.05) is 13.0 Å². The Morgan fingerprint density at radius 3 is 2.53 bits per heavy atom. The van der Waals surface area contributed by atoms with Crippen molar-refractivity contribution in [3.05, 3.63) is 24.2 Å². The highest BCUT2D eigenvalue weighted by Gasteiger charge is 2.79. The molecule has 8 heteroatoms. The molecule has 1 aromatic rings. The molecule has 1 spiro atoms. The molecule has 2 aliphatic carbocycles. The van der Waals surface area contributed by atoms with Gasteiger partial charge in [-0.05, 0) is 54.6 Å². The van der Waals surface area contributed by atoms with Gasteiger partial charge in [-0.25, -0.2) is 0 Å². The van der Waals surface area contributed by atoms with Gasteiger partial charge in [-0.3, -0.25) is 14.4 Å². The molecule has 7 atom stereocenters. The van der Waals surface area contributed by atoms with Crippen molar-refractivity contribution in [2.24, 2.45) is 22.7 Å². The number of aryl methyl sites for hydroxylation is 1. The summed E-state index contributed by atoms with van der Waals surface area (Å²) in [7, 11) is 0. The maximum absolute atomic E-state index is 13.8. The van der Waals surface area contributed by atoms with Gasteiger partial charge >= 0.3 is 11.9 Å². The molecule has 1 N–H and O–H groups in total. The largest absolute Gasteiger partial charge is 0.472 e. The third kappa shape index (κ3) is 3.30. The van der Waals surface area contributed by atoms with Crippen molar-refractivity contribution in [1.82, 2.24) is 0 Å². The van der Waals surface area contributed by atoms with Crippen molar-refractivity contribution in [3.63, 3.8) is 0 Å². The number of aliphatic hydroxyl groups is 1. The first-order valence-electron chi connectivity index (χ1n) is 11.3. The Kier molecular flexibility index (Phi) is 5.74. The number of ketones is 1. The summed E-state index contributed by atoms with van der Waals surface area (Å²) in [4.78, 5) is 37.5. The molecule has 0 bridgehead atoms. The topological polar surface area (TPSA) is 116 Å². The van der Waals surface area contributed by atoms with Gasteiger partial charge in [-0.2, -0.15) is 0 Å². The number of carbonyl (C=O) groups excluding carboxylic acids is 3. The van der Waals surface area contributed by atoms with Gasteiger partial charge in [0.2, 0.25) is 0 Å². The van der Waals surface area contributed by atoms with Gasteiger partial charge in [0, 0.05) is 13.8 Å². The first-order chi connectivity index (χ1) is 15.1. The molecule has 1 aliphatic heterocycles. The van der Waals surface area contributed by atoms with Crippen molar-refractivity contribution >= 4 is 17.7 Å². The van der Waals surface area contributed by atoms with Gasteiger partial charge in [0.25, 0.3) is 0 Å². The fourth-order valence-electron chi connectivity index (χ4n) is 6.46. The summed E-state index contributed by atoms with van der Waals surface area (Å²) in [5.41, 5.74) is -1.79. The third-order valence-electron chi connectivity index (χ3n) is 8.40. The lowest BCUT2D eigenvalue weighted by molar-refractivity contribution is -0.217. The number of rotatable bonds is 6. The van der Waals surface area contributed by atoms with E-state index in [2.05, 4.69) is 6.92 Å². The Hall–Kier alpha value is -2.19. The number of Topliss-reactive ketones (excluding diaryl/α,β-unsaturated/α-hetero) is 1. The van der Waals surface area contributed by atoms with Crippen molar-refractivity contribution in [2.75, 3.05) is 13.2 Å². The van der Waals surface area contributed by atoms with Crippen LogP contribution >= 0.6 is 0 Å². The molecule has 3 fully saturated rings. The Morgan fingerprint density at radius 2 is 1.97 bits per heavy atom. The minimum atomic E-state index is -1.28.